The number of carbonyl (C=O) groups excluding carboxylic acids is 1. The first-order valence-corrected chi connectivity index (χ1v) is 11.5. The maximum Gasteiger partial charge on any atom is 0.270 e. The van der Waals surface area contributed by atoms with Gasteiger partial charge in [-0.2, -0.15) is 0 Å². The van der Waals surface area contributed by atoms with E-state index in [0.29, 0.717) is 29.6 Å². The third-order valence-corrected chi connectivity index (χ3v) is 6.31. The number of thiazole rings is 1. The minimum Gasteiger partial charge on any atom is -0.461 e. The van der Waals surface area contributed by atoms with Crippen molar-refractivity contribution in [2.75, 3.05) is 27.2 Å². The summed E-state index contributed by atoms with van der Waals surface area (Å²) in [7, 11) is 3.94. The van der Waals surface area contributed by atoms with Gasteiger partial charge in [0.15, 0.2) is 10.9 Å². The van der Waals surface area contributed by atoms with Crippen molar-refractivity contribution in [2.45, 2.75) is 10.9 Å². The SMILES string of the molecule is CN(C)CCNC(=O)c1csc(CSc2nnc(-c3ccco3)n2-c2ccccc2)n1. The third-order valence-electron chi connectivity index (χ3n) is 4.34. The van der Waals surface area contributed by atoms with Crippen LogP contribution < -0.4 is 5.32 Å². The number of furan rings is 1. The van der Waals surface area contributed by atoms with Crippen molar-refractivity contribution in [3.8, 4) is 17.3 Å². The molecule has 1 amide bonds. The topological polar surface area (TPSA) is 89.1 Å². The van der Waals surface area contributed by atoms with Gasteiger partial charge in [-0.05, 0) is 38.4 Å². The van der Waals surface area contributed by atoms with Crippen molar-refractivity contribution in [1.82, 2.24) is 30.0 Å². The summed E-state index contributed by atoms with van der Waals surface area (Å²) in [6.45, 7) is 1.37. The molecule has 31 heavy (non-hydrogen) atoms. The highest BCUT2D eigenvalue weighted by atomic mass is 32.2. The zero-order valence-electron chi connectivity index (χ0n) is 17.2. The molecule has 1 N–H and O–H groups in total. The first kappa shape index (κ1) is 21.3. The molecule has 0 saturated heterocycles. The average molecular weight is 455 g/mol. The van der Waals surface area contributed by atoms with Crippen LogP contribution in [0, 0.1) is 0 Å². The van der Waals surface area contributed by atoms with Gasteiger partial charge >= 0.3 is 0 Å². The minimum atomic E-state index is -0.151. The fourth-order valence-electron chi connectivity index (χ4n) is 2.83. The Hall–Kier alpha value is -2.95. The predicted octanol–water partition coefficient (Wildman–Crippen LogP) is 3.57. The number of hydrogen-bond acceptors (Lipinski definition) is 8. The van der Waals surface area contributed by atoms with Crippen LogP contribution in [-0.2, 0) is 5.75 Å². The average Bonchev–Trinajstić information content (AvgIpc) is 3.52. The predicted molar refractivity (Wildman–Crippen MR) is 122 cm³/mol. The normalized spacial score (nSPS) is 11.2. The van der Waals surface area contributed by atoms with E-state index in [0.717, 1.165) is 22.4 Å². The number of hydrogen-bond donors (Lipinski definition) is 1. The molecule has 4 rings (SSSR count). The highest BCUT2D eigenvalue weighted by molar-refractivity contribution is 7.98. The molecule has 0 atom stereocenters. The molecule has 0 radical (unpaired) electrons. The molecular weight excluding hydrogens is 432 g/mol. The number of carbonyl (C=O) groups is 1. The Labute approximate surface area is 188 Å². The highest BCUT2D eigenvalue weighted by Crippen LogP contribution is 2.30. The zero-order valence-corrected chi connectivity index (χ0v) is 18.8. The quantitative estimate of drug-likeness (QED) is 0.387. The molecule has 0 aliphatic carbocycles. The van der Waals surface area contributed by atoms with E-state index in [-0.39, 0.29) is 5.91 Å². The summed E-state index contributed by atoms with van der Waals surface area (Å²) in [5, 5.41) is 15.0. The number of nitrogens with one attached hydrogen (secondary N) is 1. The standard InChI is InChI=1S/C21H22N6O2S2/c1-26(2)11-10-22-20(28)16-13-30-18(23-16)14-31-21-25-24-19(17-9-6-12-29-17)27(21)15-7-4-3-5-8-15/h3-9,12-13H,10-11,14H2,1-2H3,(H,22,28). The fourth-order valence-corrected chi connectivity index (χ4v) is 4.57. The molecule has 3 heterocycles. The summed E-state index contributed by atoms with van der Waals surface area (Å²) >= 11 is 2.98. The zero-order chi connectivity index (χ0) is 21.6. The van der Waals surface area contributed by atoms with Crippen LogP contribution in [0.3, 0.4) is 0 Å². The molecule has 0 aliphatic rings. The second kappa shape index (κ2) is 9.90. The Bertz CT molecular complexity index is 1120. The fraction of sp³-hybridized carbons (Fsp3) is 0.238. The third kappa shape index (κ3) is 5.22. The molecule has 0 aliphatic heterocycles. The lowest BCUT2D eigenvalue weighted by Crippen LogP contribution is -2.31. The number of likely N-dealkylation sites (N-methyl/N-ethyl adjacent to an activating group) is 1. The van der Waals surface area contributed by atoms with E-state index >= 15 is 0 Å². The Morgan fingerprint density at radius 3 is 2.77 bits per heavy atom. The van der Waals surface area contributed by atoms with Gasteiger partial charge in [0.1, 0.15) is 10.7 Å². The van der Waals surface area contributed by atoms with Gasteiger partial charge in [0.25, 0.3) is 5.91 Å². The molecule has 4 aromatic rings. The first-order valence-electron chi connectivity index (χ1n) is 9.66. The van der Waals surface area contributed by atoms with Crippen molar-refractivity contribution < 1.29 is 9.21 Å². The maximum atomic E-state index is 12.3. The van der Waals surface area contributed by atoms with E-state index in [9.17, 15) is 4.79 Å². The maximum absolute atomic E-state index is 12.3. The number of benzene rings is 1. The summed E-state index contributed by atoms with van der Waals surface area (Å²) in [6, 6.07) is 13.6. The molecule has 8 nitrogen and oxygen atoms in total. The second-order valence-electron chi connectivity index (χ2n) is 6.93. The van der Waals surface area contributed by atoms with Gasteiger partial charge < -0.3 is 14.6 Å². The van der Waals surface area contributed by atoms with Crippen molar-refractivity contribution in [1.29, 1.82) is 0 Å². The minimum absolute atomic E-state index is 0.151. The number of nitrogens with zero attached hydrogens (tertiary/aromatic N) is 5. The van der Waals surface area contributed by atoms with Crippen molar-refractivity contribution in [3.05, 3.63) is 64.8 Å². The second-order valence-corrected chi connectivity index (χ2v) is 8.81. The van der Waals surface area contributed by atoms with Gasteiger partial charge in [-0.1, -0.05) is 30.0 Å². The lowest BCUT2D eigenvalue weighted by Gasteiger charge is -2.09. The van der Waals surface area contributed by atoms with Crippen molar-refractivity contribution >= 4 is 29.0 Å². The van der Waals surface area contributed by atoms with E-state index in [1.807, 2.05) is 66.0 Å². The molecule has 0 unspecified atom stereocenters. The first-order chi connectivity index (χ1) is 15.1. The summed E-state index contributed by atoms with van der Waals surface area (Å²) < 4.78 is 7.51. The summed E-state index contributed by atoms with van der Waals surface area (Å²) in [4.78, 5) is 18.8. The van der Waals surface area contributed by atoms with Gasteiger partial charge in [0.2, 0.25) is 5.82 Å². The van der Waals surface area contributed by atoms with Crippen LogP contribution in [0.15, 0.2) is 63.7 Å². The van der Waals surface area contributed by atoms with Crippen LogP contribution >= 0.6 is 23.1 Å². The van der Waals surface area contributed by atoms with Crippen molar-refractivity contribution in [2.24, 2.45) is 0 Å². The van der Waals surface area contributed by atoms with Crippen LogP contribution in [0.5, 0.6) is 0 Å². The summed E-state index contributed by atoms with van der Waals surface area (Å²) in [5.74, 6) is 1.72. The number of rotatable bonds is 9. The summed E-state index contributed by atoms with van der Waals surface area (Å²) in [6.07, 6.45) is 1.62. The van der Waals surface area contributed by atoms with Gasteiger partial charge in [0, 0.05) is 24.2 Å². The van der Waals surface area contributed by atoms with Crippen LogP contribution in [0.25, 0.3) is 17.3 Å². The molecule has 10 heteroatoms. The monoisotopic (exact) mass is 454 g/mol. The molecular formula is C21H22N6O2S2. The van der Waals surface area contributed by atoms with Gasteiger partial charge in [-0.15, -0.1) is 21.5 Å². The van der Waals surface area contributed by atoms with Gasteiger partial charge in [0.05, 0.1) is 12.0 Å². The molecule has 1 aromatic carbocycles. The number of amides is 1. The number of aromatic nitrogens is 4. The van der Waals surface area contributed by atoms with Crippen LogP contribution in [-0.4, -0.2) is 57.7 Å². The van der Waals surface area contributed by atoms with Crippen LogP contribution in [0.2, 0.25) is 0 Å². The molecule has 160 valence electrons. The molecule has 0 fully saturated rings. The Morgan fingerprint density at radius 1 is 1.19 bits per heavy atom. The van der Waals surface area contributed by atoms with E-state index in [4.69, 9.17) is 4.42 Å². The molecule has 0 spiro atoms. The summed E-state index contributed by atoms with van der Waals surface area (Å²) in [5.41, 5.74) is 1.39. The van der Waals surface area contributed by atoms with Crippen LogP contribution in [0.1, 0.15) is 15.5 Å². The Kier molecular flexibility index (Phi) is 6.80. The Morgan fingerprint density at radius 2 is 2.03 bits per heavy atom. The smallest absolute Gasteiger partial charge is 0.270 e. The van der Waals surface area contributed by atoms with Crippen molar-refractivity contribution in [3.63, 3.8) is 0 Å². The Balaban J connectivity index is 1.48. The number of para-hydroxylation sites is 1. The molecule has 0 saturated carbocycles. The van der Waals surface area contributed by atoms with Gasteiger partial charge in [-0.25, -0.2) is 4.98 Å². The van der Waals surface area contributed by atoms with E-state index in [1.54, 1.807) is 11.6 Å². The van der Waals surface area contributed by atoms with E-state index in [1.165, 1.54) is 23.1 Å². The largest absolute Gasteiger partial charge is 0.461 e. The molecule has 0 bridgehead atoms. The number of thioether (sulfide) groups is 1. The van der Waals surface area contributed by atoms with E-state index in [2.05, 4.69) is 20.5 Å². The van der Waals surface area contributed by atoms with Gasteiger partial charge in [-0.3, -0.25) is 9.36 Å². The lowest BCUT2D eigenvalue weighted by atomic mass is 10.3. The lowest BCUT2D eigenvalue weighted by molar-refractivity contribution is 0.0946. The van der Waals surface area contributed by atoms with E-state index < -0.39 is 0 Å². The van der Waals surface area contributed by atoms with Crippen LogP contribution in [0.4, 0.5) is 0 Å². The highest BCUT2D eigenvalue weighted by Gasteiger charge is 2.19. The molecule has 3 aromatic heterocycles.